The molecular formula is C11H10BrFN2O. The van der Waals surface area contributed by atoms with Crippen molar-refractivity contribution >= 4 is 15.9 Å². The van der Waals surface area contributed by atoms with Gasteiger partial charge in [0.2, 0.25) is 0 Å². The minimum atomic E-state index is -0.391. The number of imidazole rings is 1. The van der Waals surface area contributed by atoms with E-state index in [-0.39, 0.29) is 5.75 Å². The zero-order valence-corrected chi connectivity index (χ0v) is 10.5. The lowest BCUT2D eigenvalue weighted by atomic mass is 10.1. The van der Waals surface area contributed by atoms with Crippen molar-refractivity contribution in [3.63, 3.8) is 0 Å². The third kappa shape index (κ3) is 1.82. The van der Waals surface area contributed by atoms with E-state index in [0.29, 0.717) is 11.3 Å². The molecule has 0 saturated carbocycles. The number of aryl methyl sites for hydroxylation is 1. The maximum atomic E-state index is 13.5. The molecule has 0 atom stereocenters. The molecule has 2 rings (SSSR count). The van der Waals surface area contributed by atoms with Crippen LogP contribution < -0.4 is 4.74 Å². The smallest absolute Gasteiger partial charge is 0.165 e. The number of rotatable bonds is 2. The second kappa shape index (κ2) is 4.25. The van der Waals surface area contributed by atoms with Crippen LogP contribution in [0.5, 0.6) is 5.75 Å². The highest BCUT2D eigenvalue weighted by Crippen LogP contribution is 2.29. The number of hydrogen-bond donors (Lipinski definition) is 0. The molecule has 3 nitrogen and oxygen atoms in total. The monoisotopic (exact) mass is 284 g/mol. The summed E-state index contributed by atoms with van der Waals surface area (Å²) in [5.41, 5.74) is 1.43. The fourth-order valence-electron chi connectivity index (χ4n) is 1.42. The topological polar surface area (TPSA) is 27.1 Å². The van der Waals surface area contributed by atoms with Gasteiger partial charge in [0.05, 0.1) is 13.4 Å². The summed E-state index contributed by atoms with van der Waals surface area (Å²) in [5.74, 6) is -0.159. The number of methoxy groups -OCH3 is 1. The summed E-state index contributed by atoms with van der Waals surface area (Å²) in [5, 5.41) is 0. The van der Waals surface area contributed by atoms with Crippen molar-refractivity contribution in [2.24, 2.45) is 7.05 Å². The Morgan fingerprint density at radius 2 is 2.19 bits per heavy atom. The van der Waals surface area contributed by atoms with E-state index in [0.717, 1.165) is 4.60 Å². The first-order valence-corrected chi connectivity index (χ1v) is 5.43. The van der Waals surface area contributed by atoms with Gasteiger partial charge < -0.3 is 9.30 Å². The first kappa shape index (κ1) is 11.1. The van der Waals surface area contributed by atoms with Crippen molar-refractivity contribution in [2.75, 3.05) is 7.11 Å². The summed E-state index contributed by atoms with van der Waals surface area (Å²) in [4.78, 5) is 4.19. The first-order valence-electron chi connectivity index (χ1n) is 4.64. The molecule has 16 heavy (non-hydrogen) atoms. The van der Waals surface area contributed by atoms with Crippen molar-refractivity contribution in [3.05, 3.63) is 34.9 Å². The van der Waals surface area contributed by atoms with Crippen LogP contribution in [0.4, 0.5) is 4.39 Å². The largest absolute Gasteiger partial charge is 0.494 e. The van der Waals surface area contributed by atoms with Crippen LogP contribution >= 0.6 is 15.9 Å². The highest BCUT2D eigenvalue weighted by molar-refractivity contribution is 9.10. The molecule has 0 amide bonds. The minimum Gasteiger partial charge on any atom is -0.494 e. The molecule has 1 heterocycles. The Kier molecular flexibility index (Phi) is 2.96. The number of benzene rings is 1. The number of nitrogens with zero attached hydrogens (tertiary/aromatic N) is 2. The van der Waals surface area contributed by atoms with Gasteiger partial charge in [-0.3, -0.25) is 0 Å². The Morgan fingerprint density at radius 1 is 1.44 bits per heavy atom. The van der Waals surface area contributed by atoms with Crippen LogP contribution in [0.1, 0.15) is 0 Å². The van der Waals surface area contributed by atoms with Crippen LogP contribution in [0.15, 0.2) is 29.1 Å². The Hall–Kier alpha value is -1.36. The van der Waals surface area contributed by atoms with Crippen molar-refractivity contribution in [2.45, 2.75) is 0 Å². The molecule has 1 aromatic carbocycles. The lowest BCUT2D eigenvalue weighted by molar-refractivity contribution is 0.386. The zero-order chi connectivity index (χ0) is 11.7. The van der Waals surface area contributed by atoms with Crippen LogP contribution in [0.2, 0.25) is 0 Å². The summed E-state index contributed by atoms with van der Waals surface area (Å²) < 4.78 is 21.0. The van der Waals surface area contributed by atoms with Crippen LogP contribution in [0, 0.1) is 5.82 Å². The van der Waals surface area contributed by atoms with E-state index in [2.05, 4.69) is 20.9 Å². The Balaban J connectivity index is 2.49. The number of hydrogen-bond acceptors (Lipinski definition) is 2. The lowest BCUT2D eigenvalue weighted by Crippen LogP contribution is -1.89. The molecule has 0 aliphatic rings. The summed E-state index contributed by atoms with van der Waals surface area (Å²) in [6.07, 6.45) is 1.67. The average molecular weight is 285 g/mol. The quantitative estimate of drug-likeness (QED) is 0.848. The first-order chi connectivity index (χ1) is 7.63. The summed E-state index contributed by atoms with van der Waals surface area (Å²) in [6, 6.07) is 4.77. The zero-order valence-electron chi connectivity index (χ0n) is 8.87. The Bertz CT molecular complexity index is 525. The second-order valence-electron chi connectivity index (χ2n) is 3.34. The lowest BCUT2D eigenvalue weighted by Gasteiger charge is -2.04. The van der Waals surface area contributed by atoms with Gasteiger partial charge in [0, 0.05) is 12.6 Å². The predicted molar refractivity (Wildman–Crippen MR) is 62.9 cm³/mol. The van der Waals surface area contributed by atoms with Gasteiger partial charge in [0.25, 0.3) is 0 Å². The van der Waals surface area contributed by atoms with Crippen molar-refractivity contribution in [1.29, 1.82) is 0 Å². The summed E-state index contributed by atoms with van der Waals surface area (Å²) in [7, 11) is 3.30. The van der Waals surface area contributed by atoms with Gasteiger partial charge >= 0.3 is 0 Å². The highest BCUT2D eigenvalue weighted by atomic mass is 79.9. The van der Waals surface area contributed by atoms with Gasteiger partial charge in [-0.2, -0.15) is 0 Å². The molecule has 2 aromatic rings. The van der Waals surface area contributed by atoms with Gasteiger partial charge in [-0.25, -0.2) is 9.37 Å². The maximum absolute atomic E-state index is 13.5. The highest BCUT2D eigenvalue weighted by Gasteiger charge is 2.11. The number of aromatic nitrogens is 2. The van der Waals surface area contributed by atoms with E-state index in [1.54, 1.807) is 18.5 Å². The molecule has 0 radical (unpaired) electrons. The standard InChI is InChI=1S/C11H10BrFN2O/c1-15-6-14-10(11(15)12)7-3-4-9(16-2)8(13)5-7/h3-6H,1-2H3. The molecule has 0 fully saturated rings. The molecule has 0 N–H and O–H groups in total. The van der Waals surface area contributed by atoms with Gasteiger partial charge in [-0.15, -0.1) is 0 Å². The molecule has 0 aliphatic heterocycles. The Labute approximate surface area is 101 Å². The molecule has 0 saturated heterocycles. The second-order valence-corrected chi connectivity index (χ2v) is 4.10. The van der Waals surface area contributed by atoms with Crippen LogP contribution in [-0.2, 0) is 7.05 Å². The molecule has 0 spiro atoms. The molecule has 0 aliphatic carbocycles. The van der Waals surface area contributed by atoms with Crippen molar-refractivity contribution < 1.29 is 9.13 Å². The summed E-state index contributed by atoms with van der Waals surface area (Å²) >= 11 is 3.39. The fourth-order valence-corrected chi connectivity index (χ4v) is 1.85. The molecule has 84 valence electrons. The third-order valence-corrected chi connectivity index (χ3v) is 3.23. The fraction of sp³-hybridized carbons (Fsp3) is 0.182. The molecule has 5 heteroatoms. The predicted octanol–water partition coefficient (Wildman–Crippen LogP) is 3.00. The van der Waals surface area contributed by atoms with E-state index in [1.807, 2.05) is 11.6 Å². The molecule has 0 bridgehead atoms. The van der Waals surface area contributed by atoms with Gasteiger partial charge in [-0.05, 0) is 34.1 Å². The van der Waals surface area contributed by atoms with Crippen LogP contribution in [0.25, 0.3) is 11.3 Å². The average Bonchev–Trinajstić information content (AvgIpc) is 2.60. The van der Waals surface area contributed by atoms with Crippen LogP contribution in [-0.4, -0.2) is 16.7 Å². The van der Waals surface area contributed by atoms with E-state index < -0.39 is 5.82 Å². The Morgan fingerprint density at radius 3 is 2.69 bits per heavy atom. The molecular weight excluding hydrogens is 275 g/mol. The SMILES string of the molecule is COc1ccc(-c2ncn(C)c2Br)cc1F. The van der Waals surface area contributed by atoms with E-state index in [9.17, 15) is 4.39 Å². The normalized spacial score (nSPS) is 10.5. The molecule has 1 aromatic heterocycles. The van der Waals surface area contributed by atoms with Crippen molar-refractivity contribution in [1.82, 2.24) is 9.55 Å². The van der Waals surface area contributed by atoms with Gasteiger partial charge in [0.1, 0.15) is 10.3 Å². The number of halogens is 2. The van der Waals surface area contributed by atoms with E-state index >= 15 is 0 Å². The summed E-state index contributed by atoms with van der Waals surface area (Å²) in [6.45, 7) is 0. The van der Waals surface area contributed by atoms with Crippen LogP contribution in [0.3, 0.4) is 0 Å². The minimum absolute atomic E-state index is 0.232. The van der Waals surface area contributed by atoms with Gasteiger partial charge in [0.15, 0.2) is 11.6 Å². The number of ether oxygens (including phenoxy) is 1. The third-order valence-electron chi connectivity index (χ3n) is 2.29. The van der Waals surface area contributed by atoms with Crippen molar-refractivity contribution in [3.8, 4) is 17.0 Å². The van der Waals surface area contributed by atoms with E-state index in [1.165, 1.54) is 13.2 Å². The molecule has 0 unspecified atom stereocenters. The van der Waals surface area contributed by atoms with E-state index in [4.69, 9.17) is 4.74 Å². The van der Waals surface area contributed by atoms with Gasteiger partial charge in [-0.1, -0.05) is 0 Å². The maximum Gasteiger partial charge on any atom is 0.165 e.